The highest BCUT2D eigenvalue weighted by Crippen LogP contribution is 2.33. The first kappa shape index (κ1) is 112. The Morgan fingerprint density at radius 2 is 1.20 bits per heavy atom. The average Bonchev–Trinajstić information content (AvgIpc) is 1.67. The van der Waals surface area contributed by atoms with Gasteiger partial charge in [0.1, 0.15) is 42.1 Å². The number of aliphatic hydroxyl groups excluding tert-OH is 4. The Kier molecular flexibility index (Phi) is 56.1. The fourth-order valence-corrected chi connectivity index (χ4v) is 12.8. The van der Waals surface area contributed by atoms with Crippen LogP contribution in [0.15, 0.2) is 197 Å². The second kappa shape index (κ2) is 64.6. The minimum Gasteiger partial charge on any atom is -0.508 e. The molecule has 0 bridgehead atoms. The number of halogens is 1. The lowest BCUT2D eigenvalue weighted by atomic mass is 9.93. The number of phenols is 3. The molecule has 0 spiro atoms. The van der Waals surface area contributed by atoms with E-state index in [1.165, 1.54) is 63.7 Å². The molecule has 704 valence electrons. The van der Waals surface area contributed by atoms with Gasteiger partial charge in [0.05, 0.1) is 74.2 Å². The number of aromatic hydroxyl groups is 3. The van der Waals surface area contributed by atoms with Crippen molar-refractivity contribution >= 4 is 51.7 Å². The number of hydrogen-bond acceptors (Lipinski definition) is 20. The molecule has 0 fully saturated rings. The SMILES string of the molecule is CCCCC(C)C(O)c1ccc(O)c(O)c1.CCCCc1ccc(CN=C(C)N)cc1Cl.CCCOCc1ccc(C(O)CCC(C)=N)cc1.CCCOc1ccc(CN=C(C)N)cc1.CCCn1ccc2cc(CN=C(C)N)ccc21.CNCC(O)C(OC)c1ccc(C)c(O)c1.CNCC(O)COc1cccc(C)c1C#N.Cc1ccc(CNc2ncc[nH]2)cc1C. The van der Waals surface area contributed by atoms with Crippen molar-refractivity contribution in [2.45, 2.75) is 237 Å². The van der Waals surface area contributed by atoms with E-state index in [0.717, 1.165) is 127 Å². The van der Waals surface area contributed by atoms with Crippen LogP contribution in [-0.2, 0) is 55.2 Å². The zero-order valence-corrected chi connectivity index (χ0v) is 80.2. The summed E-state index contributed by atoms with van der Waals surface area (Å²) in [5, 5.41) is 94.8. The number of aliphatic hydroxyl groups is 4. The number of nitriles is 1. The number of unbranched alkanes of at least 4 members (excludes halogenated alkanes) is 2. The number of aromatic amines is 1. The summed E-state index contributed by atoms with van der Waals surface area (Å²) >= 11 is 6.20. The number of imidazole rings is 1. The topological polar surface area (TPSA) is 411 Å². The van der Waals surface area contributed by atoms with Gasteiger partial charge in [-0.3, -0.25) is 15.0 Å². The third kappa shape index (κ3) is 45.6. The third-order valence-corrected chi connectivity index (χ3v) is 20.5. The number of likely N-dealkylation sites (N-methyl/N-ethyl adjacent to an activating group) is 2. The Hall–Kier alpha value is -11.2. The van der Waals surface area contributed by atoms with Crippen molar-refractivity contribution in [3.05, 3.63) is 265 Å². The molecule has 129 heavy (non-hydrogen) atoms. The minimum absolute atomic E-state index is 0.155. The van der Waals surface area contributed by atoms with Crippen molar-refractivity contribution in [2.24, 2.45) is 38.1 Å². The normalized spacial score (nSPS) is 12.5. The highest BCUT2D eigenvalue weighted by Gasteiger charge is 2.22. The van der Waals surface area contributed by atoms with Crippen molar-refractivity contribution in [2.75, 3.05) is 59.4 Å². The van der Waals surface area contributed by atoms with E-state index < -0.39 is 30.5 Å². The van der Waals surface area contributed by atoms with Gasteiger partial charge in [-0.25, -0.2) is 4.98 Å². The number of aliphatic imine (C=N–C) groups is 3. The van der Waals surface area contributed by atoms with Gasteiger partial charge in [0.2, 0.25) is 0 Å². The van der Waals surface area contributed by atoms with Gasteiger partial charge >= 0.3 is 0 Å². The first-order valence-corrected chi connectivity index (χ1v) is 45.0. The first-order chi connectivity index (χ1) is 61.8. The molecular formula is C103H149ClN14O11. The quantitative estimate of drug-likeness (QED) is 0.00734. The molecule has 10 rings (SSSR count). The summed E-state index contributed by atoms with van der Waals surface area (Å²) in [5.74, 6) is 4.14. The number of methoxy groups -OCH3 is 1. The van der Waals surface area contributed by atoms with Crippen molar-refractivity contribution in [3.8, 4) is 34.8 Å². The van der Waals surface area contributed by atoms with Gasteiger partial charge in [-0.05, 0) is 265 Å². The van der Waals surface area contributed by atoms with Gasteiger partial charge in [0.25, 0.3) is 0 Å². The first-order valence-electron chi connectivity index (χ1n) is 44.6. The molecular weight excluding hydrogens is 1640 g/mol. The Morgan fingerprint density at radius 3 is 1.77 bits per heavy atom. The number of phenolic OH excluding ortho intramolecular Hbond substituents is 3. The predicted octanol–water partition coefficient (Wildman–Crippen LogP) is 19.7. The number of amidine groups is 3. The summed E-state index contributed by atoms with van der Waals surface area (Å²) in [7, 11) is 5.07. The Labute approximate surface area is 772 Å². The number of nitrogens with zero attached hydrogens (tertiary/aromatic N) is 6. The van der Waals surface area contributed by atoms with E-state index in [2.05, 4.69) is 161 Å². The molecule has 25 nitrogen and oxygen atoms in total. The minimum atomic E-state index is -0.642. The molecule has 0 saturated carbocycles. The zero-order valence-electron chi connectivity index (χ0n) is 79.4. The summed E-state index contributed by atoms with van der Waals surface area (Å²) in [6.07, 6.45) is 14.0. The molecule has 26 heteroatoms. The van der Waals surface area contributed by atoms with Crippen LogP contribution in [0.2, 0.25) is 5.02 Å². The lowest BCUT2D eigenvalue weighted by Crippen LogP contribution is -2.30. The molecule has 6 atom stereocenters. The Balaban J connectivity index is 0.000000380. The fraction of sp³-hybridized carbons (Fsp3) is 0.437. The van der Waals surface area contributed by atoms with Crippen LogP contribution in [0, 0.1) is 50.4 Å². The number of aromatic nitrogens is 3. The van der Waals surface area contributed by atoms with Gasteiger partial charge in [-0.15, -0.1) is 0 Å². The summed E-state index contributed by atoms with van der Waals surface area (Å²) < 4.78 is 23.9. The molecule has 0 radical (unpaired) electrons. The highest BCUT2D eigenvalue weighted by atomic mass is 35.5. The number of hydrogen-bond donors (Lipinski definition) is 15. The van der Waals surface area contributed by atoms with Gasteiger partial charge in [-0.2, -0.15) is 5.26 Å². The monoisotopic (exact) mass is 1790 g/mol. The van der Waals surface area contributed by atoms with E-state index in [1.54, 1.807) is 66.4 Å². The second-order valence-corrected chi connectivity index (χ2v) is 32.3. The van der Waals surface area contributed by atoms with Crippen LogP contribution in [0.1, 0.15) is 230 Å². The van der Waals surface area contributed by atoms with Crippen LogP contribution < -0.4 is 42.6 Å². The Morgan fingerprint density at radius 1 is 0.605 bits per heavy atom. The molecule has 0 aliphatic carbocycles. The van der Waals surface area contributed by atoms with E-state index in [0.29, 0.717) is 92.3 Å². The summed E-state index contributed by atoms with van der Waals surface area (Å²) in [4.78, 5) is 19.7. The van der Waals surface area contributed by atoms with Crippen molar-refractivity contribution in [1.82, 2.24) is 25.2 Å². The standard InChI is InChI=1S/C15H23NO2.C14H19N3.C13H19ClN2.C13H20O3.C12H15N3.C12H16N2O2.C12H18N2O.C12H19NO3/c1-3-10-18-11-13-5-7-14(8-6-13)15(17)9-4-12(2)16;1-3-7-17-8-6-13-9-12(4-5-14(13)17)10-16-11(2)15;1-3-4-5-12-7-6-11(8-13(12)14)9-16-10(2)15;1-3-4-5-9(2)13(16)10-6-7-11(14)12(15)8-10;1-9-3-4-11(7-10(9)2)8-15-12-13-5-6-14-12;1-9-4-3-5-12(11(9)6-13)16-8-10(15)7-14-2;1-3-8-15-12-6-4-11(5-7-12)9-14-10(2)13;1-8-4-5-9(6-10(8)14)12(16-3)11(15)7-13-2/h5-8,15-17H,3-4,9-11H2,1-2H3;4-6,8-9H,3,7,10H2,1-2H3,(H2,15,16);6-8H,3-5,9H2,1-2H3,(H2,15,16);6-9,13-16H,3-5H2,1-2H3;3-7H,8H2,1-2H3,(H2,13,14,15);3-5,10,14-15H,7-8H2,1-2H3;4-7H,3,8-9H2,1-2H3,(H2,13,14);4-6,11-15H,7H2,1-3H3. The summed E-state index contributed by atoms with van der Waals surface area (Å²) in [6.45, 7) is 34.8. The fourth-order valence-electron chi connectivity index (χ4n) is 12.5. The number of anilines is 1. The maximum atomic E-state index is 10.0. The molecule has 2 aromatic heterocycles. The van der Waals surface area contributed by atoms with E-state index in [1.807, 2.05) is 113 Å². The molecule has 2 heterocycles. The van der Waals surface area contributed by atoms with Crippen LogP contribution >= 0.6 is 11.6 Å². The molecule has 0 saturated heterocycles. The van der Waals surface area contributed by atoms with E-state index >= 15 is 0 Å². The summed E-state index contributed by atoms with van der Waals surface area (Å²) in [6, 6.07) is 54.4. The van der Waals surface area contributed by atoms with Gasteiger partial charge in [-0.1, -0.05) is 176 Å². The highest BCUT2D eigenvalue weighted by molar-refractivity contribution is 6.31. The summed E-state index contributed by atoms with van der Waals surface area (Å²) in [5.41, 5.74) is 32.7. The lowest BCUT2D eigenvalue weighted by Gasteiger charge is -2.22. The number of ether oxygens (including phenoxy) is 4. The number of nitrogens with two attached hydrogens (primary N) is 3. The van der Waals surface area contributed by atoms with Gasteiger partial charge < -0.3 is 103 Å². The maximum Gasteiger partial charge on any atom is 0.200 e. The van der Waals surface area contributed by atoms with Crippen molar-refractivity contribution in [3.63, 3.8) is 0 Å². The third-order valence-electron chi connectivity index (χ3n) is 20.1. The molecule has 6 unspecified atom stereocenters. The Bertz CT molecular complexity index is 4910. The van der Waals surface area contributed by atoms with Crippen molar-refractivity contribution < 1.29 is 54.7 Å². The number of aryl methyl sites for hydroxylation is 6. The van der Waals surface area contributed by atoms with Crippen LogP contribution in [-0.4, -0.2) is 140 Å². The van der Waals surface area contributed by atoms with Gasteiger partial charge in [0, 0.05) is 74.7 Å². The maximum absolute atomic E-state index is 10.0. The second-order valence-electron chi connectivity index (χ2n) is 31.9. The van der Waals surface area contributed by atoms with E-state index in [4.69, 9.17) is 58.4 Å². The average molecular weight is 1790 g/mol. The molecule has 0 amide bonds. The van der Waals surface area contributed by atoms with Crippen molar-refractivity contribution in [1.29, 1.82) is 10.7 Å². The zero-order chi connectivity index (χ0) is 95.6. The van der Waals surface area contributed by atoms with Crippen LogP contribution in [0.25, 0.3) is 10.9 Å². The van der Waals surface area contributed by atoms with Crippen LogP contribution in [0.4, 0.5) is 5.95 Å². The van der Waals surface area contributed by atoms with E-state index in [-0.39, 0.29) is 29.8 Å². The van der Waals surface area contributed by atoms with Crippen LogP contribution in [0.5, 0.6) is 28.7 Å². The molecule has 10 aromatic rings. The number of benzene rings is 8. The number of rotatable bonds is 40. The van der Waals surface area contributed by atoms with E-state index in [9.17, 15) is 35.7 Å². The number of fused-ring (bicyclic) bond motifs is 1. The smallest absolute Gasteiger partial charge is 0.200 e. The van der Waals surface area contributed by atoms with Gasteiger partial charge in [0.15, 0.2) is 17.4 Å². The number of H-pyrrole nitrogens is 1. The molecule has 0 aliphatic heterocycles. The van der Waals surface area contributed by atoms with Crippen LogP contribution in [0.3, 0.4) is 0 Å². The lowest BCUT2D eigenvalue weighted by molar-refractivity contribution is -0.0116. The number of nitrogens with one attached hydrogen (secondary N) is 5. The molecule has 8 aromatic carbocycles. The largest absolute Gasteiger partial charge is 0.508 e. The predicted molar refractivity (Wildman–Crippen MR) is 531 cm³/mol. The molecule has 0 aliphatic rings. The molecule has 18 N–H and O–H groups in total.